The summed E-state index contributed by atoms with van der Waals surface area (Å²) >= 11 is 0. The molecular formula is C11H14N4. The van der Waals surface area contributed by atoms with Crippen molar-refractivity contribution in [1.82, 2.24) is 14.6 Å². The van der Waals surface area contributed by atoms with Crippen LogP contribution in [0.15, 0.2) is 30.7 Å². The molecule has 0 unspecified atom stereocenters. The minimum atomic E-state index is 0.197. The van der Waals surface area contributed by atoms with Crippen LogP contribution < -0.4 is 5.73 Å². The minimum absolute atomic E-state index is 0.197. The fourth-order valence-electron chi connectivity index (χ4n) is 1.33. The molecule has 0 bridgehead atoms. The van der Waals surface area contributed by atoms with Crippen LogP contribution in [0.4, 0.5) is 0 Å². The van der Waals surface area contributed by atoms with Crippen molar-refractivity contribution in [2.45, 2.75) is 19.4 Å². The lowest BCUT2D eigenvalue weighted by molar-refractivity contribution is 0.759. The Hall–Kier alpha value is -1.68. The van der Waals surface area contributed by atoms with Crippen LogP contribution in [0.3, 0.4) is 0 Å². The van der Waals surface area contributed by atoms with E-state index in [0.717, 1.165) is 17.6 Å². The van der Waals surface area contributed by atoms with E-state index in [1.807, 2.05) is 31.5 Å². The van der Waals surface area contributed by atoms with Crippen LogP contribution in [0.25, 0.3) is 11.7 Å². The van der Waals surface area contributed by atoms with Gasteiger partial charge in [-0.25, -0.2) is 9.50 Å². The van der Waals surface area contributed by atoms with Gasteiger partial charge in [-0.1, -0.05) is 12.2 Å². The maximum Gasteiger partial charge on any atom is 0.154 e. The van der Waals surface area contributed by atoms with Crippen LogP contribution in [0.2, 0.25) is 0 Å². The van der Waals surface area contributed by atoms with Crippen molar-refractivity contribution >= 4 is 11.7 Å². The van der Waals surface area contributed by atoms with Gasteiger partial charge in [-0.05, 0) is 13.3 Å². The van der Waals surface area contributed by atoms with E-state index >= 15 is 0 Å². The first-order chi connectivity index (χ1) is 7.25. The molecule has 78 valence electrons. The van der Waals surface area contributed by atoms with Crippen LogP contribution in [0.1, 0.15) is 18.9 Å². The second-order valence-corrected chi connectivity index (χ2v) is 3.64. The maximum absolute atomic E-state index is 5.65. The van der Waals surface area contributed by atoms with Crippen molar-refractivity contribution in [2.24, 2.45) is 5.73 Å². The molecule has 1 atom stereocenters. The minimum Gasteiger partial charge on any atom is -0.328 e. The SMILES string of the molecule is C[C@H](N)C/C=C/c1cnc2ccnn2c1. The third-order valence-corrected chi connectivity index (χ3v) is 2.08. The lowest BCUT2D eigenvalue weighted by atomic mass is 10.2. The van der Waals surface area contributed by atoms with Crippen molar-refractivity contribution in [2.75, 3.05) is 0 Å². The Balaban J connectivity index is 2.17. The van der Waals surface area contributed by atoms with E-state index in [1.54, 1.807) is 10.7 Å². The molecule has 0 radical (unpaired) electrons. The molecule has 0 spiro atoms. The van der Waals surface area contributed by atoms with Crippen molar-refractivity contribution in [3.8, 4) is 0 Å². The molecule has 0 amide bonds. The van der Waals surface area contributed by atoms with Gasteiger partial charge in [-0.2, -0.15) is 5.10 Å². The summed E-state index contributed by atoms with van der Waals surface area (Å²) in [6.07, 6.45) is 10.4. The van der Waals surface area contributed by atoms with Crippen LogP contribution in [0.5, 0.6) is 0 Å². The molecule has 0 fully saturated rings. The molecule has 0 saturated carbocycles. The topological polar surface area (TPSA) is 56.2 Å². The third-order valence-electron chi connectivity index (χ3n) is 2.08. The number of nitrogens with two attached hydrogens (primary N) is 1. The van der Waals surface area contributed by atoms with Crippen LogP contribution in [-0.2, 0) is 0 Å². The van der Waals surface area contributed by atoms with E-state index in [0.29, 0.717) is 0 Å². The molecule has 2 N–H and O–H groups in total. The van der Waals surface area contributed by atoms with E-state index in [-0.39, 0.29) is 6.04 Å². The quantitative estimate of drug-likeness (QED) is 0.820. The summed E-state index contributed by atoms with van der Waals surface area (Å²) < 4.78 is 1.76. The summed E-state index contributed by atoms with van der Waals surface area (Å²) in [6.45, 7) is 1.99. The zero-order valence-corrected chi connectivity index (χ0v) is 8.67. The number of hydrogen-bond acceptors (Lipinski definition) is 3. The first kappa shape index (κ1) is 9.86. The zero-order chi connectivity index (χ0) is 10.7. The van der Waals surface area contributed by atoms with Gasteiger partial charge in [0.05, 0.1) is 6.20 Å². The Morgan fingerprint density at radius 2 is 2.47 bits per heavy atom. The molecule has 2 heterocycles. The molecular weight excluding hydrogens is 188 g/mol. The second-order valence-electron chi connectivity index (χ2n) is 3.64. The molecule has 4 heteroatoms. The van der Waals surface area contributed by atoms with Gasteiger partial charge < -0.3 is 5.73 Å². The van der Waals surface area contributed by atoms with E-state index in [4.69, 9.17) is 5.73 Å². The predicted molar refractivity (Wildman–Crippen MR) is 60.3 cm³/mol. The first-order valence-electron chi connectivity index (χ1n) is 4.97. The number of nitrogens with zero attached hydrogens (tertiary/aromatic N) is 3. The Kier molecular flexibility index (Phi) is 2.78. The zero-order valence-electron chi connectivity index (χ0n) is 8.67. The molecule has 0 aliphatic carbocycles. The Morgan fingerprint density at radius 1 is 1.60 bits per heavy atom. The summed E-state index contributed by atoms with van der Waals surface area (Å²) in [5, 5.41) is 4.12. The van der Waals surface area contributed by atoms with Crippen LogP contribution >= 0.6 is 0 Å². The highest BCUT2D eigenvalue weighted by atomic mass is 15.2. The van der Waals surface area contributed by atoms with E-state index < -0.39 is 0 Å². The van der Waals surface area contributed by atoms with Gasteiger partial charge in [-0.15, -0.1) is 0 Å². The predicted octanol–water partition coefficient (Wildman–Crippen LogP) is 1.48. The van der Waals surface area contributed by atoms with Crippen molar-refractivity contribution in [3.63, 3.8) is 0 Å². The summed E-state index contributed by atoms with van der Waals surface area (Å²) in [5.74, 6) is 0. The van der Waals surface area contributed by atoms with Gasteiger partial charge in [0.15, 0.2) is 5.65 Å². The van der Waals surface area contributed by atoms with Gasteiger partial charge >= 0.3 is 0 Å². The monoisotopic (exact) mass is 202 g/mol. The Morgan fingerprint density at radius 3 is 3.27 bits per heavy atom. The molecule has 2 rings (SSSR count). The highest BCUT2D eigenvalue weighted by Gasteiger charge is 1.94. The molecule has 2 aromatic heterocycles. The fraction of sp³-hybridized carbons (Fsp3) is 0.273. The van der Waals surface area contributed by atoms with Gasteiger partial charge in [-0.3, -0.25) is 0 Å². The molecule has 15 heavy (non-hydrogen) atoms. The lowest BCUT2D eigenvalue weighted by Gasteiger charge is -1.98. The summed E-state index contributed by atoms with van der Waals surface area (Å²) in [6, 6.07) is 2.07. The maximum atomic E-state index is 5.65. The highest BCUT2D eigenvalue weighted by molar-refractivity contribution is 5.49. The molecule has 0 saturated heterocycles. The van der Waals surface area contributed by atoms with Gasteiger partial charge in [0.1, 0.15) is 0 Å². The normalized spacial score (nSPS) is 13.7. The molecule has 0 aromatic carbocycles. The van der Waals surface area contributed by atoms with Gasteiger partial charge in [0, 0.05) is 30.1 Å². The van der Waals surface area contributed by atoms with Crippen molar-refractivity contribution in [1.29, 1.82) is 0 Å². The number of fused-ring (bicyclic) bond motifs is 1. The molecule has 0 aliphatic rings. The number of hydrogen-bond donors (Lipinski definition) is 1. The van der Waals surface area contributed by atoms with Gasteiger partial charge in [0.25, 0.3) is 0 Å². The fourth-order valence-corrected chi connectivity index (χ4v) is 1.33. The Bertz CT molecular complexity index is 470. The second kappa shape index (κ2) is 4.23. The molecule has 4 nitrogen and oxygen atoms in total. The van der Waals surface area contributed by atoms with E-state index in [1.165, 1.54) is 0 Å². The van der Waals surface area contributed by atoms with Crippen LogP contribution in [-0.4, -0.2) is 20.6 Å². The first-order valence-corrected chi connectivity index (χ1v) is 4.97. The summed E-state index contributed by atoms with van der Waals surface area (Å²) in [4.78, 5) is 4.26. The standard InChI is InChI=1S/C11H14N4/c1-9(12)3-2-4-10-7-13-11-5-6-14-15(11)8-10/h2,4-9H,3,12H2,1H3/b4-2+/t9-/m0/s1. The third kappa shape index (κ3) is 2.41. The summed E-state index contributed by atoms with van der Waals surface area (Å²) in [5.41, 5.74) is 7.54. The van der Waals surface area contributed by atoms with E-state index in [2.05, 4.69) is 16.2 Å². The average molecular weight is 202 g/mol. The van der Waals surface area contributed by atoms with E-state index in [9.17, 15) is 0 Å². The highest BCUT2D eigenvalue weighted by Crippen LogP contribution is 2.04. The smallest absolute Gasteiger partial charge is 0.154 e. The van der Waals surface area contributed by atoms with Crippen LogP contribution in [0, 0.1) is 0 Å². The molecule has 0 aliphatic heterocycles. The van der Waals surface area contributed by atoms with Gasteiger partial charge in [0.2, 0.25) is 0 Å². The number of rotatable bonds is 3. The number of aromatic nitrogens is 3. The Labute approximate surface area is 88.4 Å². The van der Waals surface area contributed by atoms with Crippen molar-refractivity contribution in [3.05, 3.63) is 36.3 Å². The molecule has 2 aromatic rings. The van der Waals surface area contributed by atoms with Crippen molar-refractivity contribution < 1.29 is 0 Å². The summed E-state index contributed by atoms with van der Waals surface area (Å²) in [7, 11) is 0. The lowest BCUT2D eigenvalue weighted by Crippen LogP contribution is -2.12. The largest absolute Gasteiger partial charge is 0.328 e. The average Bonchev–Trinajstić information content (AvgIpc) is 2.64.